The van der Waals surface area contributed by atoms with Gasteiger partial charge in [-0.05, 0) is 6.72 Å². The summed E-state index contributed by atoms with van der Waals surface area (Å²) >= 11 is 0. The number of aliphatic imine (C=N–C) groups is 1. The lowest BCUT2D eigenvalue weighted by molar-refractivity contribution is -0.120. The molecule has 0 radical (unpaired) electrons. The van der Waals surface area contributed by atoms with Crippen molar-refractivity contribution >= 4 is 17.9 Å². The highest BCUT2D eigenvalue weighted by Gasteiger charge is 2.54. The molecule has 3 heterocycles. The van der Waals surface area contributed by atoms with Crippen molar-refractivity contribution in [2.45, 2.75) is 18.1 Å². The minimum absolute atomic E-state index is 0.171. The van der Waals surface area contributed by atoms with Crippen molar-refractivity contribution in [3.05, 3.63) is 12.7 Å². The van der Waals surface area contributed by atoms with Gasteiger partial charge in [0.05, 0.1) is 18.9 Å². The summed E-state index contributed by atoms with van der Waals surface area (Å²) in [5.74, 6) is 1.33. The number of aromatic hydroxyl groups is 1. The average Bonchev–Trinajstić information content (AvgIpc) is 3.07. The molecule has 2 aromatic heterocycles. The van der Waals surface area contributed by atoms with Crippen LogP contribution in [-0.2, 0) is 4.74 Å². The van der Waals surface area contributed by atoms with Gasteiger partial charge in [-0.3, -0.25) is 9.56 Å². The molecular weight excluding hydrogens is 290 g/mol. The van der Waals surface area contributed by atoms with Crippen LogP contribution in [0.2, 0.25) is 0 Å². The van der Waals surface area contributed by atoms with Gasteiger partial charge in [0, 0.05) is 0 Å². The summed E-state index contributed by atoms with van der Waals surface area (Å²) in [6.07, 6.45) is 5.87. The first-order valence-electron chi connectivity index (χ1n) is 6.35. The highest BCUT2D eigenvalue weighted by atomic mass is 16.6. The van der Waals surface area contributed by atoms with E-state index in [4.69, 9.17) is 11.2 Å². The Morgan fingerprint density at radius 3 is 2.91 bits per heavy atom. The van der Waals surface area contributed by atoms with Gasteiger partial charge in [-0.25, -0.2) is 9.97 Å². The molecule has 3 N–H and O–H groups in total. The molecule has 1 fully saturated rings. The lowest BCUT2D eigenvalue weighted by atomic mass is 9.97. The minimum atomic E-state index is -1.62. The predicted octanol–water partition coefficient (Wildman–Crippen LogP) is -0.940. The summed E-state index contributed by atoms with van der Waals surface area (Å²) in [6.45, 7) is 2.76. The molecule has 0 bridgehead atoms. The zero-order valence-corrected chi connectivity index (χ0v) is 11.4. The molecule has 0 amide bonds. The standard InChI is InChI=1S/C13H13N5O4/c1-3-7-9(20)13(4-19,14-2)22-12(7)18-6-17-8-10(18)15-5-16-11(8)21/h1,5-7,9,12,19-20H,2,4H2,(H,15,16,21)/t7-,9-,12+,13+/m0/s1. The van der Waals surface area contributed by atoms with E-state index in [1.54, 1.807) is 0 Å². The lowest BCUT2D eigenvalue weighted by Gasteiger charge is -2.24. The van der Waals surface area contributed by atoms with Crippen molar-refractivity contribution in [1.29, 1.82) is 0 Å². The van der Waals surface area contributed by atoms with Gasteiger partial charge in [0.2, 0.25) is 11.6 Å². The van der Waals surface area contributed by atoms with Crippen LogP contribution in [0, 0.1) is 18.3 Å². The van der Waals surface area contributed by atoms with E-state index < -0.39 is 30.6 Å². The Bertz CT molecular complexity index is 769. The van der Waals surface area contributed by atoms with Gasteiger partial charge in [-0.15, -0.1) is 6.42 Å². The van der Waals surface area contributed by atoms with E-state index >= 15 is 0 Å². The van der Waals surface area contributed by atoms with E-state index in [1.165, 1.54) is 10.9 Å². The summed E-state index contributed by atoms with van der Waals surface area (Å²) in [7, 11) is 0. The van der Waals surface area contributed by atoms with Crippen LogP contribution in [0.5, 0.6) is 5.88 Å². The number of aliphatic hydroxyl groups is 2. The van der Waals surface area contributed by atoms with Gasteiger partial charge in [-0.2, -0.15) is 4.98 Å². The van der Waals surface area contributed by atoms with Crippen molar-refractivity contribution < 1.29 is 20.1 Å². The van der Waals surface area contributed by atoms with Gasteiger partial charge in [0.15, 0.2) is 17.4 Å². The van der Waals surface area contributed by atoms with Crippen LogP contribution in [-0.4, -0.2) is 60.0 Å². The largest absolute Gasteiger partial charge is 0.492 e. The smallest absolute Gasteiger partial charge is 0.242 e. The van der Waals surface area contributed by atoms with E-state index in [2.05, 4.69) is 32.6 Å². The molecular formula is C13H13N5O4. The average molecular weight is 303 g/mol. The number of fused-ring (bicyclic) bond motifs is 1. The number of aliphatic hydroxyl groups excluding tert-OH is 2. The maximum Gasteiger partial charge on any atom is 0.242 e. The Morgan fingerprint density at radius 1 is 1.50 bits per heavy atom. The number of hydrogen-bond acceptors (Lipinski definition) is 8. The molecule has 0 spiro atoms. The van der Waals surface area contributed by atoms with Crippen LogP contribution in [0.15, 0.2) is 17.6 Å². The van der Waals surface area contributed by atoms with Crippen LogP contribution >= 0.6 is 0 Å². The lowest BCUT2D eigenvalue weighted by Crippen LogP contribution is -2.42. The van der Waals surface area contributed by atoms with Gasteiger partial charge in [0.25, 0.3) is 0 Å². The molecule has 1 aliphatic heterocycles. The fourth-order valence-electron chi connectivity index (χ4n) is 2.53. The highest BCUT2D eigenvalue weighted by molar-refractivity contribution is 5.75. The topological polar surface area (TPSA) is 126 Å². The summed E-state index contributed by atoms with van der Waals surface area (Å²) in [6, 6.07) is 0. The molecule has 1 aliphatic rings. The molecule has 9 nitrogen and oxygen atoms in total. The fraction of sp³-hybridized carbons (Fsp3) is 0.385. The highest BCUT2D eigenvalue weighted by Crippen LogP contribution is 2.42. The van der Waals surface area contributed by atoms with Gasteiger partial charge >= 0.3 is 0 Å². The number of ether oxygens (including phenoxy) is 1. The quantitative estimate of drug-likeness (QED) is 0.493. The molecule has 9 heteroatoms. The summed E-state index contributed by atoms with van der Waals surface area (Å²) in [4.78, 5) is 15.4. The Kier molecular flexibility index (Phi) is 3.29. The summed E-state index contributed by atoms with van der Waals surface area (Å²) in [5.41, 5.74) is -1.17. The monoisotopic (exact) mass is 303 g/mol. The molecule has 2 aromatic rings. The minimum Gasteiger partial charge on any atom is -0.492 e. The van der Waals surface area contributed by atoms with Crippen molar-refractivity contribution in [3.8, 4) is 18.2 Å². The SMILES string of the molecule is C#C[C@@H]1[C@H](n2cnc3c(O)ncnc32)O[C@@](CO)(N=C)[C@H]1O. The second kappa shape index (κ2) is 5.03. The molecule has 1 saturated heterocycles. The van der Waals surface area contributed by atoms with E-state index in [-0.39, 0.29) is 17.0 Å². The van der Waals surface area contributed by atoms with Gasteiger partial charge in [0.1, 0.15) is 12.4 Å². The number of imidazole rings is 1. The fourth-order valence-corrected chi connectivity index (χ4v) is 2.53. The molecule has 4 atom stereocenters. The van der Waals surface area contributed by atoms with Crippen molar-refractivity contribution in [1.82, 2.24) is 19.5 Å². The van der Waals surface area contributed by atoms with Gasteiger partial charge < -0.3 is 20.1 Å². The Hall–Kier alpha value is -2.54. The van der Waals surface area contributed by atoms with Crippen LogP contribution < -0.4 is 0 Å². The molecule has 0 aliphatic carbocycles. The van der Waals surface area contributed by atoms with Gasteiger partial charge in [-0.1, -0.05) is 5.92 Å². The predicted molar refractivity (Wildman–Crippen MR) is 74.8 cm³/mol. The second-order valence-corrected chi connectivity index (χ2v) is 4.83. The number of hydrogen-bond donors (Lipinski definition) is 3. The van der Waals surface area contributed by atoms with Crippen molar-refractivity contribution in [2.24, 2.45) is 10.9 Å². The zero-order chi connectivity index (χ0) is 15.9. The first-order valence-corrected chi connectivity index (χ1v) is 6.35. The third-order valence-electron chi connectivity index (χ3n) is 3.73. The van der Waals surface area contributed by atoms with E-state index in [0.29, 0.717) is 0 Å². The second-order valence-electron chi connectivity index (χ2n) is 4.83. The Balaban J connectivity index is 2.12. The van der Waals surface area contributed by atoms with Crippen LogP contribution in [0.3, 0.4) is 0 Å². The normalized spacial score (nSPS) is 31.2. The molecule has 114 valence electrons. The maximum absolute atomic E-state index is 10.3. The third kappa shape index (κ3) is 1.79. The van der Waals surface area contributed by atoms with Crippen LogP contribution in [0.1, 0.15) is 6.23 Å². The number of aromatic nitrogens is 4. The number of terminal acetylenes is 1. The zero-order valence-electron chi connectivity index (χ0n) is 11.4. The molecule has 22 heavy (non-hydrogen) atoms. The third-order valence-corrected chi connectivity index (χ3v) is 3.73. The maximum atomic E-state index is 10.3. The van der Waals surface area contributed by atoms with E-state index in [1.807, 2.05) is 0 Å². The first-order chi connectivity index (χ1) is 10.6. The number of rotatable bonds is 3. The molecule has 3 rings (SSSR count). The molecule has 0 aromatic carbocycles. The van der Waals surface area contributed by atoms with Crippen molar-refractivity contribution in [3.63, 3.8) is 0 Å². The molecule has 0 saturated carbocycles. The number of nitrogens with zero attached hydrogens (tertiary/aromatic N) is 5. The molecule has 0 unspecified atom stereocenters. The Labute approximate surface area is 124 Å². The summed E-state index contributed by atoms with van der Waals surface area (Å²) in [5, 5.41) is 29.5. The van der Waals surface area contributed by atoms with Crippen molar-refractivity contribution in [2.75, 3.05) is 6.61 Å². The van der Waals surface area contributed by atoms with E-state index in [0.717, 1.165) is 6.33 Å². The van der Waals surface area contributed by atoms with Crippen LogP contribution in [0.4, 0.5) is 0 Å². The Morgan fingerprint density at radius 2 is 2.27 bits per heavy atom. The summed E-state index contributed by atoms with van der Waals surface area (Å²) < 4.78 is 7.12. The van der Waals surface area contributed by atoms with E-state index in [9.17, 15) is 15.3 Å². The first kappa shape index (κ1) is 14.4. The van der Waals surface area contributed by atoms with Crippen LogP contribution in [0.25, 0.3) is 11.2 Å².